The number of rotatable bonds is 6. The minimum absolute atomic E-state index is 0.331. The molecule has 0 heterocycles. The van der Waals surface area contributed by atoms with E-state index in [2.05, 4.69) is 13.8 Å². The van der Waals surface area contributed by atoms with E-state index in [0.717, 1.165) is 6.42 Å². The van der Waals surface area contributed by atoms with Crippen LogP contribution in [0.5, 0.6) is 0 Å². The molecule has 0 bridgehead atoms. The zero-order valence-electron chi connectivity index (χ0n) is 16.5. The second-order valence-electron chi connectivity index (χ2n) is 6.71. The topological polar surface area (TPSA) is 115 Å². The van der Waals surface area contributed by atoms with Gasteiger partial charge in [0.1, 0.15) is 0 Å². The normalized spacial score (nSPS) is 11.9. The molecule has 4 N–H and O–H groups in total. The third-order valence-corrected chi connectivity index (χ3v) is 3.40. The van der Waals surface area contributed by atoms with Gasteiger partial charge in [-0.05, 0) is 49.9 Å². The van der Waals surface area contributed by atoms with Crippen LogP contribution in [0.15, 0.2) is 60.7 Å². The van der Waals surface area contributed by atoms with E-state index in [1.165, 1.54) is 0 Å². The summed E-state index contributed by atoms with van der Waals surface area (Å²) < 4.78 is 0. The van der Waals surface area contributed by atoms with Crippen LogP contribution < -0.4 is 0 Å². The Morgan fingerprint density at radius 3 is 1.29 bits per heavy atom. The molecule has 0 aliphatic rings. The van der Waals surface area contributed by atoms with E-state index < -0.39 is 11.9 Å². The lowest BCUT2D eigenvalue weighted by Gasteiger charge is -2.13. The first-order chi connectivity index (χ1) is 13.1. The first-order valence-electron chi connectivity index (χ1n) is 9.06. The number of carbonyl (C=O) groups is 2. The van der Waals surface area contributed by atoms with Gasteiger partial charge in [0.05, 0.1) is 23.3 Å². The number of benzene rings is 2. The Balaban J connectivity index is 0.000000391. The lowest BCUT2D eigenvalue weighted by atomic mass is 10.0. The number of aliphatic hydroxyl groups excluding tert-OH is 2. The van der Waals surface area contributed by atoms with Gasteiger partial charge in [0.25, 0.3) is 0 Å². The van der Waals surface area contributed by atoms with Crippen molar-refractivity contribution in [1.29, 1.82) is 0 Å². The van der Waals surface area contributed by atoms with Gasteiger partial charge in [0.15, 0.2) is 0 Å². The van der Waals surface area contributed by atoms with Gasteiger partial charge in [-0.3, -0.25) is 0 Å². The standard InChI is InChI=1S/C8H18O2.2C7H6O2/c1-6(2)4-8(10)5-7(3)9;2*8-7(9)6-4-2-1-3-5-6/h6-10H,4-5H2,1-3H3;2*1-5H,(H,8,9). The fourth-order valence-corrected chi connectivity index (χ4v) is 2.20. The molecule has 0 aliphatic carbocycles. The van der Waals surface area contributed by atoms with E-state index in [-0.39, 0.29) is 12.2 Å². The van der Waals surface area contributed by atoms with Crippen LogP contribution >= 0.6 is 0 Å². The Morgan fingerprint density at radius 1 is 0.714 bits per heavy atom. The number of carboxylic acid groups (broad SMARTS) is 2. The van der Waals surface area contributed by atoms with Crippen LogP contribution in [0.1, 0.15) is 54.3 Å². The van der Waals surface area contributed by atoms with Crippen molar-refractivity contribution in [3.8, 4) is 0 Å². The van der Waals surface area contributed by atoms with Crippen LogP contribution in [0.3, 0.4) is 0 Å². The predicted octanol–water partition coefficient (Wildman–Crippen LogP) is 3.93. The van der Waals surface area contributed by atoms with Crippen molar-refractivity contribution >= 4 is 11.9 Å². The SMILES string of the molecule is CC(C)CC(O)CC(C)O.O=C(O)c1ccccc1.O=C(O)c1ccccc1. The average molecular weight is 390 g/mol. The van der Waals surface area contributed by atoms with Crippen molar-refractivity contribution in [3.63, 3.8) is 0 Å². The molecule has 2 aromatic carbocycles. The number of aliphatic hydroxyl groups is 2. The third-order valence-electron chi connectivity index (χ3n) is 3.40. The maximum atomic E-state index is 10.2. The average Bonchev–Trinajstić information content (AvgIpc) is 2.63. The Kier molecular flexibility index (Phi) is 13.0. The molecule has 0 aromatic heterocycles. The van der Waals surface area contributed by atoms with Crippen LogP contribution in [0.25, 0.3) is 0 Å². The van der Waals surface area contributed by atoms with Gasteiger partial charge in [0.2, 0.25) is 0 Å². The predicted molar refractivity (Wildman–Crippen MR) is 109 cm³/mol. The van der Waals surface area contributed by atoms with Crippen molar-refractivity contribution in [2.75, 3.05) is 0 Å². The lowest BCUT2D eigenvalue weighted by Crippen LogP contribution is -2.16. The Morgan fingerprint density at radius 2 is 1.07 bits per heavy atom. The zero-order valence-corrected chi connectivity index (χ0v) is 16.5. The molecule has 0 amide bonds. The van der Waals surface area contributed by atoms with Crippen molar-refractivity contribution in [3.05, 3.63) is 71.8 Å². The molecule has 2 atom stereocenters. The molecule has 2 rings (SSSR count). The molecule has 0 aliphatic heterocycles. The van der Waals surface area contributed by atoms with Crippen LogP contribution in [0, 0.1) is 5.92 Å². The van der Waals surface area contributed by atoms with E-state index in [0.29, 0.717) is 23.5 Å². The van der Waals surface area contributed by atoms with Gasteiger partial charge >= 0.3 is 11.9 Å². The second kappa shape index (κ2) is 14.4. The van der Waals surface area contributed by atoms with E-state index >= 15 is 0 Å². The molecule has 2 unspecified atom stereocenters. The van der Waals surface area contributed by atoms with Crippen molar-refractivity contribution < 1.29 is 30.0 Å². The first kappa shape index (κ1) is 25.3. The van der Waals surface area contributed by atoms with E-state index in [1.807, 2.05) is 0 Å². The number of hydrogen-bond acceptors (Lipinski definition) is 4. The summed E-state index contributed by atoms with van der Waals surface area (Å²) in [5.74, 6) is -1.25. The molecule has 0 spiro atoms. The van der Waals surface area contributed by atoms with Crippen molar-refractivity contribution in [1.82, 2.24) is 0 Å². The maximum Gasteiger partial charge on any atom is 0.335 e. The quantitative estimate of drug-likeness (QED) is 0.594. The Bertz CT molecular complexity index is 608. The summed E-state index contributed by atoms with van der Waals surface area (Å²) in [6.45, 7) is 5.82. The third kappa shape index (κ3) is 13.5. The molecule has 6 nitrogen and oxygen atoms in total. The molecular weight excluding hydrogens is 360 g/mol. The molecule has 6 heteroatoms. The van der Waals surface area contributed by atoms with Crippen molar-refractivity contribution in [2.24, 2.45) is 5.92 Å². The Hall–Kier alpha value is -2.70. The zero-order chi connectivity index (χ0) is 21.5. The summed E-state index contributed by atoms with van der Waals surface area (Å²) in [5, 5.41) is 34.9. The summed E-state index contributed by atoms with van der Waals surface area (Å²) in [5.41, 5.74) is 0.662. The largest absolute Gasteiger partial charge is 0.478 e. The Labute approximate surface area is 166 Å². The highest BCUT2D eigenvalue weighted by Crippen LogP contribution is 2.09. The van der Waals surface area contributed by atoms with E-state index in [4.69, 9.17) is 15.3 Å². The summed E-state index contributed by atoms with van der Waals surface area (Å²) in [6, 6.07) is 16.6. The number of hydrogen-bond donors (Lipinski definition) is 4. The fourth-order valence-electron chi connectivity index (χ4n) is 2.20. The van der Waals surface area contributed by atoms with Crippen LogP contribution in [0.2, 0.25) is 0 Å². The van der Waals surface area contributed by atoms with Crippen molar-refractivity contribution in [2.45, 2.75) is 45.8 Å². The van der Waals surface area contributed by atoms with E-state index in [1.54, 1.807) is 67.6 Å². The minimum Gasteiger partial charge on any atom is -0.478 e. The molecule has 0 saturated carbocycles. The van der Waals surface area contributed by atoms with Crippen LogP contribution in [0.4, 0.5) is 0 Å². The van der Waals surface area contributed by atoms with Gasteiger partial charge in [0, 0.05) is 0 Å². The second-order valence-corrected chi connectivity index (χ2v) is 6.71. The van der Waals surface area contributed by atoms with Gasteiger partial charge in [-0.2, -0.15) is 0 Å². The highest BCUT2D eigenvalue weighted by Gasteiger charge is 2.09. The minimum atomic E-state index is -0.879. The van der Waals surface area contributed by atoms with Crippen LogP contribution in [-0.4, -0.2) is 44.6 Å². The van der Waals surface area contributed by atoms with Gasteiger partial charge in [-0.1, -0.05) is 50.2 Å². The lowest BCUT2D eigenvalue weighted by molar-refractivity contribution is 0.0686. The molecule has 0 radical (unpaired) electrons. The maximum absolute atomic E-state index is 10.2. The van der Waals surface area contributed by atoms with Gasteiger partial charge in [-0.25, -0.2) is 9.59 Å². The van der Waals surface area contributed by atoms with Crippen LogP contribution in [-0.2, 0) is 0 Å². The highest BCUT2D eigenvalue weighted by molar-refractivity contribution is 5.87. The monoisotopic (exact) mass is 390 g/mol. The number of aromatic carboxylic acids is 2. The molecular formula is C22H30O6. The summed E-state index contributed by atoms with van der Waals surface area (Å²) in [6.07, 6.45) is 0.567. The number of carboxylic acids is 2. The van der Waals surface area contributed by atoms with Gasteiger partial charge < -0.3 is 20.4 Å². The van der Waals surface area contributed by atoms with Gasteiger partial charge in [-0.15, -0.1) is 0 Å². The first-order valence-corrected chi connectivity index (χ1v) is 9.06. The molecule has 0 fully saturated rings. The molecule has 28 heavy (non-hydrogen) atoms. The molecule has 2 aromatic rings. The highest BCUT2D eigenvalue weighted by atomic mass is 16.4. The van der Waals surface area contributed by atoms with E-state index in [9.17, 15) is 14.7 Å². The fraction of sp³-hybridized carbons (Fsp3) is 0.364. The molecule has 0 saturated heterocycles. The summed E-state index contributed by atoms with van der Waals surface area (Å²) in [7, 11) is 0. The smallest absolute Gasteiger partial charge is 0.335 e. The molecule has 154 valence electrons. The summed E-state index contributed by atoms with van der Waals surface area (Å²) in [4.78, 5) is 20.4. The summed E-state index contributed by atoms with van der Waals surface area (Å²) >= 11 is 0.